The Morgan fingerprint density at radius 3 is 2.41 bits per heavy atom. The van der Waals surface area contributed by atoms with Crippen molar-refractivity contribution in [2.75, 3.05) is 50.5 Å². The van der Waals surface area contributed by atoms with Crippen molar-refractivity contribution >= 4 is 35.7 Å². The molecule has 32 heavy (non-hydrogen) atoms. The highest BCUT2D eigenvalue weighted by atomic mass is 35.5. The second-order valence-electron chi connectivity index (χ2n) is 7.36. The monoisotopic (exact) mass is 485 g/mol. The number of aromatic nitrogens is 2. The third kappa shape index (κ3) is 5.84. The largest absolute Gasteiger partial charge is 0.487 e. The summed E-state index contributed by atoms with van der Waals surface area (Å²) in [5.74, 6) is 0.927. The molecule has 0 radical (unpaired) electrons. The molecule has 2 heterocycles. The van der Waals surface area contributed by atoms with E-state index in [0.29, 0.717) is 31.3 Å². The van der Waals surface area contributed by atoms with Crippen molar-refractivity contribution in [3.05, 3.63) is 55.2 Å². The lowest BCUT2D eigenvalue weighted by Gasteiger charge is -2.36. The minimum absolute atomic E-state index is 0. The summed E-state index contributed by atoms with van der Waals surface area (Å²) in [4.78, 5) is 40.1. The number of thioether (sulfide) groups is 1. The van der Waals surface area contributed by atoms with Crippen molar-refractivity contribution in [2.45, 2.75) is 11.3 Å². The zero-order valence-corrected chi connectivity index (χ0v) is 20.0. The van der Waals surface area contributed by atoms with Crippen molar-refractivity contribution in [2.24, 2.45) is 14.1 Å². The lowest BCUT2D eigenvalue weighted by atomic mass is 10.2. The highest BCUT2D eigenvalue weighted by Gasteiger charge is 2.20. The average molecular weight is 486 g/mol. The lowest BCUT2D eigenvalue weighted by molar-refractivity contribution is -0.386. The van der Waals surface area contributed by atoms with Crippen molar-refractivity contribution in [3.8, 4) is 5.75 Å². The lowest BCUT2D eigenvalue weighted by Crippen LogP contribution is -2.49. The first-order valence-electron chi connectivity index (χ1n) is 10.0. The van der Waals surface area contributed by atoms with E-state index in [1.165, 1.54) is 35.5 Å². The van der Waals surface area contributed by atoms with Crippen LogP contribution in [0, 0.1) is 10.1 Å². The maximum absolute atomic E-state index is 12.1. The number of benzene rings is 1. The van der Waals surface area contributed by atoms with Crippen LogP contribution in [0.5, 0.6) is 5.75 Å². The normalized spacial score (nSPS) is 14.2. The number of halogens is 1. The Hall–Kier alpha value is -2.50. The maximum Gasteiger partial charge on any atom is 0.332 e. The number of ether oxygens (including phenoxy) is 1. The molecule has 176 valence electrons. The fourth-order valence-corrected chi connectivity index (χ4v) is 4.02. The van der Waals surface area contributed by atoms with Crippen LogP contribution >= 0.6 is 24.2 Å². The molecule has 0 unspecified atom stereocenters. The Labute approximate surface area is 196 Å². The molecule has 1 aromatic carbocycles. The van der Waals surface area contributed by atoms with Crippen LogP contribution in [0.4, 0.5) is 11.5 Å². The van der Waals surface area contributed by atoms with Gasteiger partial charge in [-0.2, -0.15) is 0 Å². The van der Waals surface area contributed by atoms with E-state index in [-0.39, 0.29) is 29.3 Å². The number of piperazine rings is 1. The smallest absolute Gasteiger partial charge is 0.332 e. The molecule has 0 N–H and O–H groups in total. The summed E-state index contributed by atoms with van der Waals surface area (Å²) in [6.07, 6.45) is 2.61. The molecule has 0 spiro atoms. The first kappa shape index (κ1) is 25.8. The van der Waals surface area contributed by atoms with Crippen LogP contribution in [0.2, 0.25) is 0 Å². The molecule has 0 saturated carbocycles. The molecule has 0 aliphatic carbocycles. The molecule has 1 aliphatic heterocycles. The summed E-state index contributed by atoms with van der Waals surface area (Å²) in [6, 6.07) is 6.50. The fourth-order valence-electron chi connectivity index (χ4n) is 3.58. The number of hydrogen-bond donors (Lipinski definition) is 0. The summed E-state index contributed by atoms with van der Waals surface area (Å²) in [7, 11) is 3.14. The Kier molecular flexibility index (Phi) is 9.17. The SMILES string of the molecule is CSc1ccc(OCCCN2CCN(c3cc(=O)n(C)c(=O)n3C)CC2)c([N+](=O)[O-])c1.Cl. The van der Waals surface area contributed by atoms with Crippen LogP contribution in [0.1, 0.15) is 6.42 Å². The second-order valence-corrected chi connectivity index (χ2v) is 8.24. The van der Waals surface area contributed by atoms with Gasteiger partial charge < -0.3 is 9.64 Å². The van der Waals surface area contributed by atoms with E-state index in [1.54, 1.807) is 13.1 Å². The van der Waals surface area contributed by atoms with Crippen molar-refractivity contribution in [1.29, 1.82) is 0 Å². The van der Waals surface area contributed by atoms with Gasteiger partial charge >= 0.3 is 11.4 Å². The van der Waals surface area contributed by atoms with Crippen molar-refractivity contribution in [3.63, 3.8) is 0 Å². The first-order valence-corrected chi connectivity index (χ1v) is 11.2. The van der Waals surface area contributed by atoms with Crippen LogP contribution in [-0.2, 0) is 14.1 Å². The number of nitro groups is 1. The molecule has 3 rings (SSSR count). The summed E-state index contributed by atoms with van der Waals surface area (Å²) in [6.45, 7) is 4.21. The molecular formula is C20H28ClN5O5S. The molecule has 2 aromatic rings. The second kappa shape index (κ2) is 11.4. The number of nitro benzene ring substituents is 1. The van der Waals surface area contributed by atoms with E-state index in [1.807, 2.05) is 17.2 Å². The first-order chi connectivity index (χ1) is 14.8. The van der Waals surface area contributed by atoms with Gasteiger partial charge in [0.25, 0.3) is 5.56 Å². The van der Waals surface area contributed by atoms with Crippen LogP contribution in [0.3, 0.4) is 0 Å². The highest BCUT2D eigenvalue weighted by Crippen LogP contribution is 2.31. The summed E-state index contributed by atoms with van der Waals surface area (Å²) in [5.41, 5.74) is -0.654. The Bertz CT molecular complexity index is 1070. The van der Waals surface area contributed by atoms with Gasteiger partial charge in [0.05, 0.1) is 11.5 Å². The molecule has 10 nitrogen and oxygen atoms in total. The number of hydrogen-bond acceptors (Lipinski definition) is 8. The van der Waals surface area contributed by atoms with E-state index in [4.69, 9.17) is 4.74 Å². The maximum atomic E-state index is 12.1. The molecule has 1 aliphatic rings. The number of rotatable bonds is 8. The third-order valence-corrected chi connectivity index (χ3v) is 6.16. The molecule has 12 heteroatoms. The predicted octanol–water partition coefficient (Wildman–Crippen LogP) is 1.73. The molecular weight excluding hydrogens is 458 g/mol. The van der Waals surface area contributed by atoms with Gasteiger partial charge in [-0.1, -0.05) is 0 Å². The van der Waals surface area contributed by atoms with Gasteiger partial charge in [0, 0.05) is 63.8 Å². The van der Waals surface area contributed by atoms with E-state index >= 15 is 0 Å². The number of nitrogens with zero attached hydrogens (tertiary/aromatic N) is 5. The molecule has 1 saturated heterocycles. The van der Waals surface area contributed by atoms with Crippen LogP contribution < -0.4 is 20.9 Å². The van der Waals surface area contributed by atoms with Gasteiger partial charge in [-0.3, -0.25) is 28.9 Å². The summed E-state index contributed by atoms with van der Waals surface area (Å²) >= 11 is 1.45. The molecule has 0 amide bonds. The molecule has 0 bridgehead atoms. The van der Waals surface area contributed by atoms with E-state index in [9.17, 15) is 19.7 Å². The molecule has 1 fully saturated rings. The van der Waals surface area contributed by atoms with Gasteiger partial charge in [0.1, 0.15) is 5.82 Å². The van der Waals surface area contributed by atoms with E-state index in [2.05, 4.69) is 4.90 Å². The van der Waals surface area contributed by atoms with Crippen LogP contribution in [-0.4, -0.2) is 64.5 Å². The zero-order chi connectivity index (χ0) is 22.5. The summed E-state index contributed by atoms with van der Waals surface area (Å²) in [5, 5.41) is 11.3. The highest BCUT2D eigenvalue weighted by molar-refractivity contribution is 7.98. The topological polar surface area (TPSA) is 103 Å². The Balaban J connectivity index is 0.00000363. The van der Waals surface area contributed by atoms with E-state index < -0.39 is 4.92 Å². The van der Waals surface area contributed by atoms with Gasteiger partial charge in [-0.05, 0) is 24.8 Å². The molecule has 1 aromatic heterocycles. The van der Waals surface area contributed by atoms with Gasteiger partial charge in [0.2, 0.25) is 0 Å². The van der Waals surface area contributed by atoms with Crippen molar-refractivity contribution in [1.82, 2.24) is 14.0 Å². The minimum Gasteiger partial charge on any atom is -0.487 e. The number of anilines is 1. The van der Waals surface area contributed by atoms with E-state index in [0.717, 1.165) is 35.5 Å². The van der Waals surface area contributed by atoms with Crippen LogP contribution in [0.15, 0.2) is 38.8 Å². The van der Waals surface area contributed by atoms with Crippen molar-refractivity contribution < 1.29 is 9.66 Å². The Morgan fingerprint density at radius 2 is 1.78 bits per heavy atom. The summed E-state index contributed by atoms with van der Waals surface area (Å²) < 4.78 is 8.27. The van der Waals surface area contributed by atoms with Crippen LogP contribution in [0.25, 0.3) is 0 Å². The quantitative estimate of drug-likeness (QED) is 0.241. The van der Waals surface area contributed by atoms with Gasteiger partial charge in [0.15, 0.2) is 5.75 Å². The Morgan fingerprint density at radius 1 is 1.09 bits per heavy atom. The standard InChI is InChI=1S/C20H27N5O5S.ClH/c1-21-18(14-19(26)22(2)20(21)27)24-10-8-23(9-11-24)7-4-12-30-17-6-5-15(31-3)13-16(17)25(28)29;/h5-6,13-14H,4,7-12H2,1-3H3;1H. The average Bonchev–Trinajstić information content (AvgIpc) is 2.78. The van der Waals surface area contributed by atoms with Gasteiger partial charge in [-0.25, -0.2) is 4.79 Å². The fraction of sp³-hybridized carbons (Fsp3) is 0.500. The minimum atomic E-state index is -0.418. The third-order valence-electron chi connectivity index (χ3n) is 5.44. The van der Waals surface area contributed by atoms with Gasteiger partial charge in [-0.15, -0.1) is 24.2 Å². The predicted molar refractivity (Wildman–Crippen MR) is 128 cm³/mol. The molecule has 0 atom stereocenters. The zero-order valence-electron chi connectivity index (χ0n) is 18.4.